The third kappa shape index (κ3) is 2.71. The number of pyridine rings is 1. The molecule has 0 saturated heterocycles. The van der Waals surface area contributed by atoms with Gasteiger partial charge >= 0.3 is 5.69 Å². The minimum absolute atomic E-state index is 0.0380. The van der Waals surface area contributed by atoms with Gasteiger partial charge in [-0.15, -0.1) is 0 Å². The summed E-state index contributed by atoms with van der Waals surface area (Å²) in [6, 6.07) is 6.80. The standard InChI is InChI=1S/C14H14N6O2/c1-10(7-19-9-15-8-17-19)18-13-5-4-12-11(3-2-6-16-12)14(13)20(21)22/h2-6,8-10,18H,7H2,1H3. The normalized spacial score (nSPS) is 12.2. The van der Waals surface area contributed by atoms with Crippen LogP contribution >= 0.6 is 0 Å². The van der Waals surface area contributed by atoms with Gasteiger partial charge in [0.15, 0.2) is 0 Å². The van der Waals surface area contributed by atoms with Gasteiger partial charge in [0.2, 0.25) is 0 Å². The molecule has 1 N–H and O–H groups in total. The number of nitro groups is 1. The summed E-state index contributed by atoms with van der Waals surface area (Å²) < 4.78 is 1.67. The highest BCUT2D eigenvalue weighted by Crippen LogP contribution is 2.32. The predicted molar refractivity (Wildman–Crippen MR) is 81.5 cm³/mol. The van der Waals surface area contributed by atoms with Gasteiger partial charge in [-0.05, 0) is 31.2 Å². The Morgan fingerprint density at radius 1 is 1.41 bits per heavy atom. The number of hydrogen-bond donors (Lipinski definition) is 1. The Morgan fingerprint density at radius 2 is 2.27 bits per heavy atom. The van der Waals surface area contributed by atoms with E-state index < -0.39 is 0 Å². The average molecular weight is 298 g/mol. The Labute approximate surface area is 126 Å². The summed E-state index contributed by atoms with van der Waals surface area (Å²) in [6.07, 6.45) is 4.68. The summed E-state index contributed by atoms with van der Waals surface area (Å²) in [4.78, 5) is 19.1. The van der Waals surface area contributed by atoms with Crippen molar-refractivity contribution in [2.75, 3.05) is 5.32 Å². The molecule has 1 aromatic carbocycles. The Kier molecular flexibility index (Phi) is 3.65. The van der Waals surface area contributed by atoms with Crippen LogP contribution in [0, 0.1) is 10.1 Å². The van der Waals surface area contributed by atoms with Crippen molar-refractivity contribution < 1.29 is 4.92 Å². The molecule has 0 aliphatic heterocycles. The Balaban J connectivity index is 1.92. The summed E-state index contributed by atoms with van der Waals surface area (Å²) in [6.45, 7) is 2.49. The van der Waals surface area contributed by atoms with Gasteiger partial charge in [0, 0.05) is 12.2 Å². The van der Waals surface area contributed by atoms with Gasteiger partial charge in [-0.1, -0.05) is 0 Å². The smallest absolute Gasteiger partial charge is 0.301 e. The van der Waals surface area contributed by atoms with Gasteiger partial charge in [0.1, 0.15) is 18.3 Å². The molecular weight excluding hydrogens is 284 g/mol. The van der Waals surface area contributed by atoms with E-state index in [1.807, 2.05) is 6.92 Å². The van der Waals surface area contributed by atoms with Gasteiger partial charge in [0.05, 0.1) is 22.4 Å². The molecule has 8 heteroatoms. The van der Waals surface area contributed by atoms with Crippen molar-refractivity contribution in [1.29, 1.82) is 0 Å². The summed E-state index contributed by atoms with van der Waals surface area (Å²) in [5.41, 5.74) is 1.11. The van der Waals surface area contributed by atoms with Crippen molar-refractivity contribution in [2.24, 2.45) is 0 Å². The predicted octanol–water partition coefficient (Wildman–Crippen LogP) is 2.24. The van der Waals surface area contributed by atoms with Crippen molar-refractivity contribution in [2.45, 2.75) is 19.5 Å². The fourth-order valence-corrected chi connectivity index (χ4v) is 2.37. The zero-order valence-corrected chi connectivity index (χ0v) is 11.9. The minimum atomic E-state index is -0.380. The van der Waals surface area contributed by atoms with Crippen molar-refractivity contribution in [3.8, 4) is 0 Å². The van der Waals surface area contributed by atoms with E-state index in [1.165, 1.54) is 6.33 Å². The van der Waals surface area contributed by atoms with Crippen LogP contribution in [0.3, 0.4) is 0 Å². The van der Waals surface area contributed by atoms with Crippen LogP contribution in [0.1, 0.15) is 6.92 Å². The number of hydrogen-bond acceptors (Lipinski definition) is 6. The number of fused-ring (bicyclic) bond motifs is 1. The molecule has 0 saturated carbocycles. The highest BCUT2D eigenvalue weighted by Gasteiger charge is 2.20. The lowest BCUT2D eigenvalue weighted by atomic mass is 10.1. The highest BCUT2D eigenvalue weighted by atomic mass is 16.6. The summed E-state index contributed by atoms with van der Waals surface area (Å²) in [5, 5.41) is 19.2. The van der Waals surface area contributed by atoms with Crippen LogP contribution in [0.5, 0.6) is 0 Å². The molecule has 0 aliphatic rings. The monoisotopic (exact) mass is 298 g/mol. The second-order valence-electron chi connectivity index (χ2n) is 4.95. The maximum atomic E-state index is 11.4. The van der Waals surface area contributed by atoms with Gasteiger partial charge in [-0.2, -0.15) is 5.10 Å². The summed E-state index contributed by atoms with van der Waals surface area (Å²) in [7, 11) is 0. The number of nitrogens with one attached hydrogen (secondary N) is 1. The van der Waals surface area contributed by atoms with E-state index in [0.29, 0.717) is 23.1 Å². The molecule has 1 atom stereocenters. The molecular formula is C14H14N6O2. The molecule has 8 nitrogen and oxygen atoms in total. The van der Waals surface area contributed by atoms with Gasteiger partial charge in [0.25, 0.3) is 0 Å². The van der Waals surface area contributed by atoms with Crippen LogP contribution in [0.2, 0.25) is 0 Å². The third-order valence-electron chi connectivity index (χ3n) is 3.27. The lowest BCUT2D eigenvalue weighted by molar-refractivity contribution is -0.382. The number of nitro benzene ring substituents is 1. The molecule has 0 bridgehead atoms. The van der Waals surface area contributed by atoms with E-state index in [1.54, 1.807) is 41.5 Å². The van der Waals surface area contributed by atoms with E-state index in [0.717, 1.165) is 0 Å². The van der Waals surface area contributed by atoms with Gasteiger partial charge < -0.3 is 5.32 Å². The molecule has 2 heterocycles. The molecule has 3 aromatic rings. The Hall–Kier alpha value is -3.03. The van der Waals surface area contributed by atoms with Crippen molar-refractivity contribution in [1.82, 2.24) is 19.7 Å². The van der Waals surface area contributed by atoms with Gasteiger partial charge in [-0.25, -0.2) is 4.98 Å². The highest BCUT2D eigenvalue weighted by molar-refractivity contribution is 5.94. The maximum absolute atomic E-state index is 11.4. The summed E-state index contributed by atoms with van der Waals surface area (Å²) in [5.74, 6) is 0. The molecule has 1 unspecified atom stereocenters. The van der Waals surface area contributed by atoms with Gasteiger partial charge in [-0.3, -0.25) is 19.8 Å². The quantitative estimate of drug-likeness (QED) is 0.573. The topological polar surface area (TPSA) is 98.8 Å². The lowest BCUT2D eigenvalue weighted by Gasteiger charge is -2.15. The van der Waals surface area contributed by atoms with Crippen molar-refractivity contribution in [3.05, 3.63) is 53.2 Å². The van der Waals surface area contributed by atoms with E-state index in [9.17, 15) is 10.1 Å². The molecule has 3 rings (SSSR count). The van der Waals surface area contributed by atoms with Crippen LogP contribution in [-0.4, -0.2) is 30.7 Å². The van der Waals surface area contributed by atoms with E-state index >= 15 is 0 Å². The van der Waals surface area contributed by atoms with Crippen molar-refractivity contribution in [3.63, 3.8) is 0 Å². The molecule has 0 amide bonds. The Bertz CT molecular complexity index is 802. The molecule has 22 heavy (non-hydrogen) atoms. The minimum Gasteiger partial charge on any atom is -0.375 e. The van der Waals surface area contributed by atoms with Crippen molar-refractivity contribution >= 4 is 22.3 Å². The number of anilines is 1. The number of benzene rings is 1. The zero-order chi connectivity index (χ0) is 15.5. The third-order valence-corrected chi connectivity index (χ3v) is 3.27. The molecule has 112 valence electrons. The largest absolute Gasteiger partial charge is 0.375 e. The molecule has 2 aromatic heterocycles. The number of nitrogens with zero attached hydrogens (tertiary/aromatic N) is 5. The second kappa shape index (κ2) is 5.76. The molecule has 0 radical (unpaired) electrons. The number of aromatic nitrogens is 4. The van der Waals surface area contributed by atoms with Crippen LogP contribution in [0.15, 0.2) is 43.1 Å². The van der Waals surface area contributed by atoms with E-state index in [4.69, 9.17) is 0 Å². The first-order chi connectivity index (χ1) is 10.6. The first-order valence-corrected chi connectivity index (χ1v) is 6.76. The first kappa shape index (κ1) is 13.9. The molecule has 0 fully saturated rings. The summed E-state index contributed by atoms with van der Waals surface area (Å²) >= 11 is 0. The lowest BCUT2D eigenvalue weighted by Crippen LogP contribution is -2.22. The van der Waals surface area contributed by atoms with Crippen LogP contribution in [-0.2, 0) is 6.54 Å². The Morgan fingerprint density at radius 3 is 3.00 bits per heavy atom. The number of rotatable bonds is 5. The fraction of sp³-hybridized carbons (Fsp3) is 0.214. The van der Waals surface area contributed by atoms with E-state index in [2.05, 4.69) is 20.4 Å². The maximum Gasteiger partial charge on any atom is 0.301 e. The second-order valence-corrected chi connectivity index (χ2v) is 4.95. The average Bonchev–Trinajstić information content (AvgIpc) is 2.99. The molecule has 0 aliphatic carbocycles. The SMILES string of the molecule is CC(Cn1cncn1)Nc1ccc2ncccc2c1[N+](=O)[O-]. The van der Waals surface area contributed by atoms with Crippen LogP contribution < -0.4 is 5.32 Å². The fourth-order valence-electron chi connectivity index (χ4n) is 2.37. The van der Waals surface area contributed by atoms with E-state index in [-0.39, 0.29) is 16.7 Å². The molecule has 0 spiro atoms. The zero-order valence-electron chi connectivity index (χ0n) is 11.9. The van der Waals surface area contributed by atoms with Crippen LogP contribution in [0.25, 0.3) is 10.9 Å². The first-order valence-electron chi connectivity index (χ1n) is 6.76. The van der Waals surface area contributed by atoms with Crippen LogP contribution in [0.4, 0.5) is 11.4 Å².